The maximum atomic E-state index is 13.2. The molecule has 0 bridgehead atoms. The van der Waals surface area contributed by atoms with Crippen LogP contribution in [0.4, 0.5) is 10.1 Å². The van der Waals surface area contributed by atoms with Gasteiger partial charge in [0.25, 0.3) is 0 Å². The number of carbonyl (C=O) groups excluding carboxylic acids is 1. The van der Waals surface area contributed by atoms with E-state index in [1.54, 1.807) is 12.1 Å². The van der Waals surface area contributed by atoms with E-state index in [4.69, 9.17) is 0 Å². The van der Waals surface area contributed by atoms with Gasteiger partial charge < -0.3 is 10.4 Å². The van der Waals surface area contributed by atoms with Crippen molar-refractivity contribution in [2.75, 3.05) is 38.1 Å². The smallest absolute Gasteiger partial charge is 0.246 e. The molecule has 2 N–H and O–H groups in total. The predicted molar refractivity (Wildman–Crippen MR) is 109 cm³/mol. The Morgan fingerprint density at radius 3 is 2.21 bits per heavy atom. The number of rotatable bonds is 7. The Bertz CT molecular complexity index is 742. The van der Waals surface area contributed by atoms with Crippen LogP contribution >= 0.6 is 0 Å². The lowest BCUT2D eigenvalue weighted by Gasteiger charge is -2.41. The molecule has 1 saturated heterocycles. The van der Waals surface area contributed by atoms with Gasteiger partial charge in [0.05, 0.1) is 6.61 Å². The molecule has 0 aliphatic carbocycles. The summed E-state index contributed by atoms with van der Waals surface area (Å²) in [5.41, 5.74) is 1.52. The summed E-state index contributed by atoms with van der Waals surface area (Å²) in [6.07, 6.45) is 0.906. The van der Waals surface area contributed by atoms with Crippen molar-refractivity contribution in [1.29, 1.82) is 0 Å². The quantitative estimate of drug-likeness (QED) is 0.770. The monoisotopic (exact) mass is 385 g/mol. The Kier molecular flexibility index (Phi) is 7.14. The first-order chi connectivity index (χ1) is 13.6. The number of amides is 1. The van der Waals surface area contributed by atoms with Crippen LogP contribution in [0.5, 0.6) is 0 Å². The number of aliphatic hydroxyl groups is 1. The number of nitrogens with one attached hydrogen (secondary N) is 1. The molecule has 28 heavy (non-hydrogen) atoms. The number of halogens is 1. The second-order valence-electron chi connectivity index (χ2n) is 7.13. The molecule has 0 spiro atoms. The highest BCUT2D eigenvalue weighted by Gasteiger charge is 2.31. The first-order valence-corrected chi connectivity index (χ1v) is 9.82. The Morgan fingerprint density at radius 1 is 1.04 bits per heavy atom. The molecule has 0 radical (unpaired) electrons. The van der Waals surface area contributed by atoms with E-state index in [0.29, 0.717) is 5.69 Å². The summed E-state index contributed by atoms with van der Waals surface area (Å²) in [7, 11) is 0. The number of piperazine rings is 1. The largest absolute Gasteiger partial charge is 0.395 e. The molecule has 6 heteroatoms. The van der Waals surface area contributed by atoms with E-state index in [2.05, 4.69) is 22.0 Å². The second-order valence-corrected chi connectivity index (χ2v) is 7.13. The fourth-order valence-electron chi connectivity index (χ4n) is 3.77. The Labute approximate surface area is 165 Å². The van der Waals surface area contributed by atoms with Crippen molar-refractivity contribution in [1.82, 2.24) is 9.80 Å². The lowest BCUT2D eigenvalue weighted by molar-refractivity contribution is -0.122. The summed E-state index contributed by atoms with van der Waals surface area (Å²) in [5, 5.41) is 12.5. The minimum absolute atomic E-state index is 0.125. The normalized spacial score (nSPS) is 17.8. The summed E-state index contributed by atoms with van der Waals surface area (Å²) < 4.78 is 13.2. The first kappa shape index (κ1) is 20.5. The minimum atomic E-state index is -0.414. The van der Waals surface area contributed by atoms with Gasteiger partial charge in [0.15, 0.2) is 0 Å². The van der Waals surface area contributed by atoms with Crippen molar-refractivity contribution in [3.63, 3.8) is 0 Å². The molecule has 1 heterocycles. The third kappa shape index (κ3) is 4.95. The highest BCUT2D eigenvalue weighted by Crippen LogP contribution is 2.25. The summed E-state index contributed by atoms with van der Waals surface area (Å²) in [6.45, 7) is 5.35. The number of nitrogens with zero attached hydrogens (tertiary/aromatic N) is 2. The molecule has 2 aromatic rings. The van der Waals surface area contributed by atoms with E-state index in [0.717, 1.165) is 38.2 Å². The van der Waals surface area contributed by atoms with Crippen molar-refractivity contribution in [3.05, 3.63) is 66.0 Å². The van der Waals surface area contributed by atoms with Crippen molar-refractivity contribution >= 4 is 11.6 Å². The van der Waals surface area contributed by atoms with Gasteiger partial charge in [-0.3, -0.25) is 14.6 Å². The van der Waals surface area contributed by atoms with Gasteiger partial charge in [-0.05, 0) is 36.2 Å². The van der Waals surface area contributed by atoms with Crippen LogP contribution in [-0.4, -0.2) is 59.6 Å². The highest BCUT2D eigenvalue weighted by atomic mass is 19.1. The molecule has 0 saturated carbocycles. The van der Waals surface area contributed by atoms with Crippen molar-refractivity contribution in [3.8, 4) is 0 Å². The van der Waals surface area contributed by atoms with Crippen LogP contribution in [0.3, 0.4) is 0 Å². The van der Waals surface area contributed by atoms with E-state index < -0.39 is 6.04 Å². The zero-order valence-electron chi connectivity index (χ0n) is 16.2. The van der Waals surface area contributed by atoms with Gasteiger partial charge in [-0.15, -0.1) is 0 Å². The van der Waals surface area contributed by atoms with Gasteiger partial charge in [-0.1, -0.05) is 37.3 Å². The zero-order chi connectivity index (χ0) is 19.9. The molecule has 0 unspecified atom stereocenters. The van der Waals surface area contributed by atoms with Crippen LogP contribution < -0.4 is 5.32 Å². The maximum Gasteiger partial charge on any atom is 0.246 e. The summed E-state index contributed by atoms with van der Waals surface area (Å²) in [6, 6.07) is 15.3. The second kappa shape index (κ2) is 9.78. The van der Waals surface area contributed by atoms with Crippen LogP contribution in [0, 0.1) is 5.82 Å². The molecular weight excluding hydrogens is 357 g/mol. The molecule has 1 aliphatic heterocycles. The first-order valence-electron chi connectivity index (χ1n) is 9.82. The van der Waals surface area contributed by atoms with Crippen molar-refractivity contribution in [2.45, 2.75) is 25.4 Å². The van der Waals surface area contributed by atoms with E-state index >= 15 is 0 Å². The molecule has 150 valence electrons. The van der Waals surface area contributed by atoms with Gasteiger partial charge in [0, 0.05) is 37.9 Å². The van der Waals surface area contributed by atoms with Crippen LogP contribution in [0.15, 0.2) is 54.6 Å². The number of carbonyl (C=O) groups is 1. The molecule has 1 aliphatic rings. The number of benzene rings is 2. The highest BCUT2D eigenvalue weighted by molar-refractivity contribution is 5.95. The van der Waals surface area contributed by atoms with Crippen molar-refractivity contribution < 1.29 is 14.3 Å². The van der Waals surface area contributed by atoms with Gasteiger partial charge in [-0.25, -0.2) is 4.39 Å². The predicted octanol–water partition coefficient (Wildman–Crippen LogP) is 2.89. The third-order valence-electron chi connectivity index (χ3n) is 5.39. The number of hydrogen-bond acceptors (Lipinski definition) is 4. The number of anilines is 1. The molecular formula is C22H28FN3O2. The summed E-state index contributed by atoms with van der Waals surface area (Å²) in [5.74, 6) is -0.455. The number of aliphatic hydroxyl groups excluding tert-OH is 1. The van der Waals surface area contributed by atoms with Crippen molar-refractivity contribution in [2.24, 2.45) is 0 Å². The lowest BCUT2D eigenvalue weighted by Crippen LogP contribution is -2.53. The van der Waals surface area contributed by atoms with Gasteiger partial charge in [0.2, 0.25) is 5.91 Å². The maximum absolute atomic E-state index is 13.2. The van der Waals surface area contributed by atoms with E-state index in [1.165, 1.54) is 12.1 Å². The molecule has 1 fully saturated rings. The van der Waals surface area contributed by atoms with Gasteiger partial charge >= 0.3 is 0 Å². The minimum Gasteiger partial charge on any atom is -0.395 e. The molecule has 1 amide bonds. The Hall–Kier alpha value is -2.28. The molecule has 3 rings (SSSR count). The van der Waals surface area contributed by atoms with Crippen LogP contribution in [-0.2, 0) is 4.79 Å². The van der Waals surface area contributed by atoms with Crippen LogP contribution in [0.25, 0.3) is 0 Å². The zero-order valence-corrected chi connectivity index (χ0v) is 16.2. The summed E-state index contributed by atoms with van der Waals surface area (Å²) in [4.78, 5) is 17.6. The van der Waals surface area contributed by atoms with E-state index in [9.17, 15) is 14.3 Å². The van der Waals surface area contributed by atoms with Gasteiger partial charge in [0.1, 0.15) is 11.9 Å². The van der Waals surface area contributed by atoms with Gasteiger partial charge in [-0.2, -0.15) is 0 Å². The van der Waals surface area contributed by atoms with E-state index in [1.807, 2.05) is 30.3 Å². The fourth-order valence-corrected chi connectivity index (χ4v) is 3.77. The fraction of sp³-hybridized carbons (Fsp3) is 0.409. The standard InChI is InChI=1S/C22H28FN3O2/c1-2-20(16-27)25-12-14-26(15-13-25)21(17-6-4-3-5-7-17)22(28)24-19-10-8-18(23)9-11-19/h3-11,20-21,27H,2,12-16H2,1H3,(H,24,28)/t20-,21+/m1/s1. The molecule has 0 aromatic heterocycles. The molecule has 2 atom stereocenters. The number of hydrogen-bond donors (Lipinski definition) is 2. The van der Waals surface area contributed by atoms with Crippen LogP contribution in [0.1, 0.15) is 24.9 Å². The third-order valence-corrected chi connectivity index (χ3v) is 5.39. The Morgan fingerprint density at radius 2 is 1.64 bits per heavy atom. The lowest BCUT2D eigenvalue weighted by atomic mass is 10.0. The average molecular weight is 385 g/mol. The molecule has 5 nitrogen and oxygen atoms in total. The van der Waals surface area contributed by atoms with E-state index in [-0.39, 0.29) is 24.4 Å². The topological polar surface area (TPSA) is 55.8 Å². The summed E-state index contributed by atoms with van der Waals surface area (Å²) >= 11 is 0. The average Bonchev–Trinajstić information content (AvgIpc) is 2.73. The molecule has 2 aromatic carbocycles. The Balaban J connectivity index is 1.75. The SMILES string of the molecule is CC[C@H](CO)N1CCN([C@H](C(=O)Nc2ccc(F)cc2)c2ccccc2)CC1. The van der Waals surface area contributed by atoms with Crippen LogP contribution in [0.2, 0.25) is 0 Å².